The molecule has 0 bridgehead atoms. The van der Waals surface area contributed by atoms with E-state index in [1.54, 1.807) is 0 Å². The Labute approximate surface area is 113 Å². The van der Waals surface area contributed by atoms with Crippen LogP contribution in [0.25, 0.3) is 11.1 Å². The second-order valence-electron chi connectivity index (χ2n) is 4.66. The van der Waals surface area contributed by atoms with E-state index >= 15 is 0 Å². The van der Waals surface area contributed by atoms with Crippen LogP contribution in [-0.2, 0) is 11.2 Å². The smallest absolute Gasteiger partial charge is 0.303 e. The van der Waals surface area contributed by atoms with Crippen molar-refractivity contribution in [1.82, 2.24) is 0 Å². The highest BCUT2D eigenvalue weighted by Crippen LogP contribution is 2.19. The molecule has 0 aliphatic heterocycles. The third-order valence-electron chi connectivity index (χ3n) is 3.17. The fraction of sp³-hybridized carbons (Fsp3) is 0.235. The maximum absolute atomic E-state index is 10.4. The van der Waals surface area contributed by atoms with E-state index in [1.807, 2.05) is 18.2 Å². The van der Waals surface area contributed by atoms with E-state index in [4.69, 9.17) is 5.11 Å². The molecule has 0 fully saturated rings. The van der Waals surface area contributed by atoms with E-state index in [0.29, 0.717) is 0 Å². The number of unbranched alkanes of at least 4 members (excludes halogenated alkanes) is 1. The molecule has 2 rings (SSSR count). The number of aryl methyl sites for hydroxylation is 1. The van der Waals surface area contributed by atoms with Crippen molar-refractivity contribution in [1.29, 1.82) is 0 Å². The molecule has 2 aromatic carbocycles. The highest BCUT2D eigenvalue weighted by molar-refractivity contribution is 5.66. The molecule has 2 nitrogen and oxygen atoms in total. The van der Waals surface area contributed by atoms with Crippen molar-refractivity contribution < 1.29 is 9.90 Å². The van der Waals surface area contributed by atoms with Crippen molar-refractivity contribution in [3.05, 3.63) is 60.2 Å². The van der Waals surface area contributed by atoms with Gasteiger partial charge in [-0.2, -0.15) is 0 Å². The molecule has 2 heteroatoms. The van der Waals surface area contributed by atoms with Gasteiger partial charge >= 0.3 is 5.97 Å². The molecule has 0 saturated carbocycles. The number of carbonyl (C=O) groups is 1. The van der Waals surface area contributed by atoms with Gasteiger partial charge in [-0.3, -0.25) is 4.79 Å². The van der Waals surface area contributed by atoms with Crippen LogP contribution in [0.15, 0.2) is 54.6 Å². The summed E-state index contributed by atoms with van der Waals surface area (Å²) in [5.74, 6) is -0.709. The minimum absolute atomic E-state index is 0.266. The van der Waals surface area contributed by atoms with Crippen LogP contribution in [0.4, 0.5) is 0 Å². The lowest BCUT2D eigenvalue weighted by Crippen LogP contribution is -1.94. The van der Waals surface area contributed by atoms with E-state index in [2.05, 4.69) is 36.4 Å². The molecular weight excluding hydrogens is 236 g/mol. The number of aliphatic carboxylic acids is 1. The molecule has 2 aromatic rings. The normalized spacial score (nSPS) is 10.3. The Morgan fingerprint density at radius 2 is 1.47 bits per heavy atom. The van der Waals surface area contributed by atoms with Crippen LogP contribution < -0.4 is 0 Å². The molecule has 0 amide bonds. The summed E-state index contributed by atoms with van der Waals surface area (Å²) in [4.78, 5) is 10.4. The molecule has 19 heavy (non-hydrogen) atoms. The van der Waals surface area contributed by atoms with Gasteiger partial charge in [0.1, 0.15) is 0 Å². The summed E-state index contributed by atoms with van der Waals surface area (Å²) in [5, 5.41) is 8.57. The van der Waals surface area contributed by atoms with Crippen molar-refractivity contribution in [3.63, 3.8) is 0 Å². The first-order valence-electron chi connectivity index (χ1n) is 6.62. The van der Waals surface area contributed by atoms with Crippen LogP contribution in [-0.4, -0.2) is 11.1 Å². The maximum Gasteiger partial charge on any atom is 0.303 e. The van der Waals surface area contributed by atoms with Gasteiger partial charge in [0.25, 0.3) is 0 Å². The molecule has 0 atom stereocenters. The summed E-state index contributed by atoms with van der Waals surface area (Å²) in [6, 6.07) is 18.8. The van der Waals surface area contributed by atoms with Gasteiger partial charge in [0.15, 0.2) is 0 Å². The molecule has 0 saturated heterocycles. The van der Waals surface area contributed by atoms with E-state index in [-0.39, 0.29) is 6.42 Å². The zero-order valence-corrected chi connectivity index (χ0v) is 10.9. The quantitative estimate of drug-likeness (QED) is 0.786. The molecular formula is C17H18O2. The summed E-state index contributed by atoms with van der Waals surface area (Å²) in [5.41, 5.74) is 3.71. The van der Waals surface area contributed by atoms with Crippen molar-refractivity contribution in [3.8, 4) is 11.1 Å². The summed E-state index contributed by atoms with van der Waals surface area (Å²) < 4.78 is 0. The van der Waals surface area contributed by atoms with Gasteiger partial charge in [-0.25, -0.2) is 0 Å². The van der Waals surface area contributed by atoms with Crippen molar-refractivity contribution in [2.45, 2.75) is 25.7 Å². The molecule has 1 N–H and O–H groups in total. The lowest BCUT2D eigenvalue weighted by Gasteiger charge is -2.04. The number of benzene rings is 2. The predicted molar refractivity (Wildman–Crippen MR) is 77.1 cm³/mol. The average Bonchev–Trinajstić information content (AvgIpc) is 2.45. The third-order valence-corrected chi connectivity index (χ3v) is 3.17. The van der Waals surface area contributed by atoms with Crippen LogP contribution in [0, 0.1) is 0 Å². The Bertz CT molecular complexity index is 515. The molecule has 0 aliphatic rings. The lowest BCUT2D eigenvalue weighted by atomic mass is 10.0. The summed E-state index contributed by atoms with van der Waals surface area (Å²) in [6.07, 6.45) is 2.89. The van der Waals surface area contributed by atoms with E-state index in [9.17, 15) is 4.79 Å². The number of carboxylic acids is 1. The second-order valence-corrected chi connectivity index (χ2v) is 4.66. The zero-order valence-electron chi connectivity index (χ0n) is 10.9. The van der Waals surface area contributed by atoms with E-state index in [0.717, 1.165) is 19.3 Å². The van der Waals surface area contributed by atoms with E-state index < -0.39 is 5.97 Å². The predicted octanol–water partition coefficient (Wildman–Crippen LogP) is 4.15. The highest BCUT2D eigenvalue weighted by Gasteiger charge is 1.99. The standard InChI is InChI=1S/C17H18O2/c18-17(19)9-5-4-6-14-10-12-16(13-11-14)15-7-2-1-3-8-15/h1-3,7-8,10-13H,4-6,9H2,(H,18,19). The van der Waals surface area contributed by atoms with Crippen LogP contribution in [0.5, 0.6) is 0 Å². The van der Waals surface area contributed by atoms with Crippen molar-refractivity contribution in [2.75, 3.05) is 0 Å². The topological polar surface area (TPSA) is 37.3 Å². The minimum atomic E-state index is -0.709. The van der Waals surface area contributed by atoms with Gasteiger partial charge in [-0.1, -0.05) is 54.6 Å². The van der Waals surface area contributed by atoms with Crippen LogP contribution in [0.3, 0.4) is 0 Å². The average molecular weight is 254 g/mol. The number of rotatable bonds is 6. The van der Waals surface area contributed by atoms with Crippen LogP contribution in [0.1, 0.15) is 24.8 Å². The number of hydrogen-bond donors (Lipinski definition) is 1. The molecule has 0 radical (unpaired) electrons. The Balaban J connectivity index is 1.90. The van der Waals surface area contributed by atoms with Crippen molar-refractivity contribution in [2.24, 2.45) is 0 Å². The fourth-order valence-corrected chi connectivity index (χ4v) is 2.10. The van der Waals surface area contributed by atoms with Gasteiger partial charge in [0.2, 0.25) is 0 Å². The maximum atomic E-state index is 10.4. The van der Waals surface area contributed by atoms with E-state index in [1.165, 1.54) is 16.7 Å². The first-order chi connectivity index (χ1) is 9.25. The number of carboxylic acid groups (broad SMARTS) is 1. The zero-order chi connectivity index (χ0) is 13.5. The Morgan fingerprint density at radius 3 is 2.11 bits per heavy atom. The number of hydrogen-bond acceptors (Lipinski definition) is 1. The van der Waals surface area contributed by atoms with Gasteiger partial charge < -0.3 is 5.11 Å². The van der Waals surface area contributed by atoms with Gasteiger partial charge in [0, 0.05) is 6.42 Å². The van der Waals surface area contributed by atoms with Crippen molar-refractivity contribution >= 4 is 5.97 Å². The molecule has 0 aromatic heterocycles. The van der Waals surface area contributed by atoms with Crippen LogP contribution >= 0.6 is 0 Å². The second kappa shape index (κ2) is 6.74. The highest BCUT2D eigenvalue weighted by atomic mass is 16.4. The molecule has 0 aliphatic carbocycles. The first kappa shape index (κ1) is 13.3. The Morgan fingerprint density at radius 1 is 0.842 bits per heavy atom. The summed E-state index contributed by atoms with van der Waals surface area (Å²) >= 11 is 0. The van der Waals surface area contributed by atoms with Gasteiger partial charge in [-0.05, 0) is 36.0 Å². The Hall–Kier alpha value is -2.09. The minimum Gasteiger partial charge on any atom is -0.481 e. The molecule has 0 heterocycles. The largest absolute Gasteiger partial charge is 0.481 e. The van der Waals surface area contributed by atoms with Gasteiger partial charge in [-0.15, -0.1) is 0 Å². The third kappa shape index (κ3) is 4.25. The molecule has 0 unspecified atom stereocenters. The SMILES string of the molecule is O=C(O)CCCCc1ccc(-c2ccccc2)cc1. The monoisotopic (exact) mass is 254 g/mol. The lowest BCUT2D eigenvalue weighted by molar-refractivity contribution is -0.137. The summed E-state index contributed by atoms with van der Waals surface area (Å²) in [7, 11) is 0. The first-order valence-corrected chi connectivity index (χ1v) is 6.62. The Kier molecular flexibility index (Phi) is 4.73. The molecule has 0 spiro atoms. The van der Waals surface area contributed by atoms with Gasteiger partial charge in [0.05, 0.1) is 0 Å². The molecule has 98 valence electrons. The summed E-state index contributed by atoms with van der Waals surface area (Å²) in [6.45, 7) is 0. The van der Waals surface area contributed by atoms with Crippen LogP contribution in [0.2, 0.25) is 0 Å². The fourth-order valence-electron chi connectivity index (χ4n) is 2.10.